The standard InChI is InChI=1S/C12H5F4N3/c13-10-3-8(12(14,15)16)1-2-9(10)11-18-5-7(4-17)6-19-11/h1-3,5-6H. The highest BCUT2D eigenvalue weighted by atomic mass is 19.4. The Kier molecular flexibility index (Phi) is 3.17. The number of hydrogen-bond donors (Lipinski definition) is 0. The van der Waals surface area contributed by atoms with Gasteiger partial charge in [0, 0.05) is 12.4 Å². The van der Waals surface area contributed by atoms with Crippen LogP contribution < -0.4 is 0 Å². The first-order valence-electron chi connectivity index (χ1n) is 5.01. The molecule has 1 heterocycles. The van der Waals surface area contributed by atoms with Gasteiger partial charge >= 0.3 is 6.18 Å². The van der Waals surface area contributed by atoms with Gasteiger partial charge in [-0.05, 0) is 18.2 Å². The normalized spacial score (nSPS) is 11.1. The number of rotatable bonds is 1. The second-order valence-corrected chi connectivity index (χ2v) is 3.60. The molecule has 0 bridgehead atoms. The highest BCUT2D eigenvalue weighted by Crippen LogP contribution is 2.31. The average Bonchev–Trinajstić information content (AvgIpc) is 2.38. The van der Waals surface area contributed by atoms with Gasteiger partial charge in [0.05, 0.1) is 16.7 Å². The van der Waals surface area contributed by atoms with Crippen LogP contribution in [-0.2, 0) is 6.18 Å². The maximum Gasteiger partial charge on any atom is 0.416 e. The number of aromatic nitrogens is 2. The van der Waals surface area contributed by atoms with Gasteiger partial charge in [-0.2, -0.15) is 18.4 Å². The largest absolute Gasteiger partial charge is 0.416 e. The lowest BCUT2D eigenvalue weighted by atomic mass is 10.1. The molecule has 0 spiro atoms. The van der Waals surface area contributed by atoms with Gasteiger partial charge in [0.2, 0.25) is 0 Å². The highest BCUT2D eigenvalue weighted by Gasteiger charge is 2.31. The zero-order chi connectivity index (χ0) is 14.0. The van der Waals surface area contributed by atoms with E-state index in [0.29, 0.717) is 6.07 Å². The van der Waals surface area contributed by atoms with Crippen LogP contribution in [0.15, 0.2) is 30.6 Å². The van der Waals surface area contributed by atoms with E-state index in [1.54, 1.807) is 6.07 Å². The van der Waals surface area contributed by atoms with Crippen molar-refractivity contribution < 1.29 is 17.6 Å². The smallest absolute Gasteiger partial charge is 0.235 e. The molecular weight excluding hydrogens is 262 g/mol. The van der Waals surface area contributed by atoms with E-state index in [4.69, 9.17) is 5.26 Å². The van der Waals surface area contributed by atoms with Crippen molar-refractivity contribution in [3.8, 4) is 17.5 Å². The van der Waals surface area contributed by atoms with Crippen LogP contribution in [-0.4, -0.2) is 9.97 Å². The summed E-state index contributed by atoms with van der Waals surface area (Å²) in [5, 5.41) is 8.55. The third-order valence-electron chi connectivity index (χ3n) is 2.32. The molecule has 2 aromatic rings. The molecule has 0 radical (unpaired) electrons. The van der Waals surface area contributed by atoms with Gasteiger partial charge in [0.1, 0.15) is 11.9 Å². The number of halogens is 4. The molecule has 7 heteroatoms. The minimum absolute atomic E-state index is 0.0785. The van der Waals surface area contributed by atoms with E-state index in [1.807, 2.05) is 0 Å². The Balaban J connectivity index is 2.43. The lowest BCUT2D eigenvalue weighted by molar-refractivity contribution is -0.137. The molecule has 0 amide bonds. The first-order valence-corrected chi connectivity index (χ1v) is 5.01. The lowest BCUT2D eigenvalue weighted by Crippen LogP contribution is -2.05. The van der Waals surface area contributed by atoms with Crippen molar-refractivity contribution in [3.63, 3.8) is 0 Å². The second kappa shape index (κ2) is 4.65. The van der Waals surface area contributed by atoms with Crippen molar-refractivity contribution in [2.45, 2.75) is 6.18 Å². The van der Waals surface area contributed by atoms with Crippen LogP contribution >= 0.6 is 0 Å². The molecule has 0 unspecified atom stereocenters. The zero-order valence-corrected chi connectivity index (χ0v) is 9.24. The molecule has 96 valence electrons. The Morgan fingerprint density at radius 1 is 1.11 bits per heavy atom. The molecule has 0 saturated carbocycles. The third-order valence-corrected chi connectivity index (χ3v) is 2.32. The Morgan fingerprint density at radius 3 is 2.21 bits per heavy atom. The minimum atomic E-state index is -4.61. The summed E-state index contributed by atoms with van der Waals surface area (Å²) >= 11 is 0. The van der Waals surface area contributed by atoms with Gasteiger partial charge in [0.25, 0.3) is 0 Å². The molecule has 1 aromatic heterocycles. The van der Waals surface area contributed by atoms with E-state index in [9.17, 15) is 17.6 Å². The first kappa shape index (κ1) is 13.0. The number of hydrogen-bond acceptors (Lipinski definition) is 3. The van der Waals surface area contributed by atoms with Crippen LogP contribution in [0.4, 0.5) is 17.6 Å². The van der Waals surface area contributed by atoms with Gasteiger partial charge in [-0.25, -0.2) is 14.4 Å². The van der Waals surface area contributed by atoms with Gasteiger partial charge in [-0.1, -0.05) is 0 Å². The summed E-state index contributed by atoms with van der Waals surface area (Å²) in [5.41, 5.74) is -1.06. The van der Waals surface area contributed by atoms with Crippen LogP contribution in [0.2, 0.25) is 0 Å². The summed E-state index contributed by atoms with van der Waals surface area (Å²) < 4.78 is 50.7. The molecule has 0 aliphatic heterocycles. The molecule has 3 nitrogen and oxygen atoms in total. The summed E-state index contributed by atoms with van der Waals surface area (Å²) in [4.78, 5) is 7.44. The van der Waals surface area contributed by atoms with Crippen molar-refractivity contribution in [2.24, 2.45) is 0 Å². The summed E-state index contributed by atoms with van der Waals surface area (Å²) in [6.45, 7) is 0. The van der Waals surface area contributed by atoms with Crippen LogP contribution in [0.1, 0.15) is 11.1 Å². The van der Waals surface area contributed by atoms with Crippen LogP contribution in [0.25, 0.3) is 11.4 Å². The SMILES string of the molecule is N#Cc1cnc(-c2ccc(C(F)(F)F)cc2F)nc1. The quantitative estimate of drug-likeness (QED) is 0.745. The van der Waals surface area contributed by atoms with Crippen LogP contribution in [0, 0.1) is 17.1 Å². The molecular formula is C12H5F4N3. The molecule has 19 heavy (non-hydrogen) atoms. The monoisotopic (exact) mass is 267 g/mol. The van der Waals surface area contributed by atoms with Crippen molar-refractivity contribution >= 4 is 0 Å². The summed E-state index contributed by atoms with van der Waals surface area (Å²) in [6.07, 6.45) is -2.27. The fourth-order valence-electron chi connectivity index (χ4n) is 1.40. The predicted octanol–water partition coefficient (Wildman–Crippen LogP) is 3.17. The maximum absolute atomic E-state index is 13.6. The highest BCUT2D eigenvalue weighted by molar-refractivity contribution is 5.56. The van der Waals surface area contributed by atoms with Gasteiger partial charge in [-0.3, -0.25) is 0 Å². The van der Waals surface area contributed by atoms with Crippen LogP contribution in [0.3, 0.4) is 0 Å². The molecule has 1 aromatic carbocycles. The Labute approximate surface area is 105 Å². The number of benzene rings is 1. The fourth-order valence-corrected chi connectivity index (χ4v) is 1.40. The van der Waals surface area contributed by atoms with Gasteiger partial charge < -0.3 is 0 Å². The van der Waals surface area contributed by atoms with Crippen molar-refractivity contribution in [1.82, 2.24) is 9.97 Å². The summed E-state index contributed by atoms with van der Waals surface area (Å²) in [7, 11) is 0. The maximum atomic E-state index is 13.6. The molecule has 0 aliphatic rings. The summed E-state index contributed by atoms with van der Waals surface area (Å²) in [5.74, 6) is -1.15. The van der Waals surface area contributed by atoms with Crippen molar-refractivity contribution in [1.29, 1.82) is 5.26 Å². The van der Waals surface area contributed by atoms with Gasteiger partial charge in [0.15, 0.2) is 5.82 Å². The Morgan fingerprint density at radius 2 is 1.74 bits per heavy atom. The molecule has 0 saturated heterocycles. The number of nitrogens with zero attached hydrogens (tertiary/aromatic N) is 3. The Hall–Kier alpha value is -2.49. The molecule has 0 fully saturated rings. The topological polar surface area (TPSA) is 49.6 Å². The van der Waals surface area contributed by atoms with E-state index < -0.39 is 17.6 Å². The minimum Gasteiger partial charge on any atom is -0.235 e. The van der Waals surface area contributed by atoms with E-state index >= 15 is 0 Å². The zero-order valence-electron chi connectivity index (χ0n) is 9.24. The van der Waals surface area contributed by atoms with Crippen molar-refractivity contribution in [3.05, 3.63) is 47.5 Å². The molecule has 0 aliphatic carbocycles. The van der Waals surface area contributed by atoms with E-state index in [1.165, 1.54) is 12.4 Å². The Bertz CT molecular complexity index is 642. The average molecular weight is 267 g/mol. The van der Waals surface area contributed by atoms with E-state index in [0.717, 1.165) is 12.1 Å². The third kappa shape index (κ3) is 2.68. The number of nitriles is 1. The van der Waals surface area contributed by atoms with Gasteiger partial charge in [-0.15, -0.1) is 0 Å². The molecule has 0 atom stereocenters. The van der Waals surface area contributed by atoms with E-state index in [2.05, 4.69) is 9.97 Å². The fraction of sp³-hybridized carbons (Fsp3) is 0.0833. The second-order valence-electron chi connectivity index (χ2n) is 3.60. The first-order chi connectivity index (χ1) is 8.91. The summed E-state index contributed by atoms with van der Waals surface area (Å²) in [6, 6.07) is 3.88. The number of alkyl halides is 3. The molecule has 0 N–H and O–H groups in total. The van der Waals surface area contributed by atoms with E-state index in [-0.39, 0.29) is 17.0 Å². The van der Waals surface area contributed by atoms with Crippen LogP contribution in [0.5, 0.6) is 0 Å². The predicted molar refractivity (Wildman–Crippen MR) is 57.1 cm³/mol. The van der Waals surface area contributed by atoms with Crippen molar-refractivity contribution in [2.75, 3.05) is 0 Å². The lowest BCUT2D eigenvalue weighted by Gasteiger charge is -2.08. The molecule has 2 rings (SSSR count).